The van der Waals surface area contributed by atoms with E-state index in [0.29, 0.717) is 0 Å². The highest BCUT2D eigenvalue weighted by Gasteiger charge is 2.20. The number of benzene rings is 1. The van der Waals surface area contributed by atoms with E-state index in [0.717, 1.165) is 12.1 Å². The van der Waals surface area contributed by atoms with E-state index in [2.05, 4.69) is 0 Å². The Morgan fingerprint density at radius 2 is 2.23 bits per heavy atom. The molecule has 0 bridgehead atoms. The monoisotopic (exact) mass is 185 g/mol. The highest BCUT2D eigenvalue weighted by atomic mass is 19.1. The molecule has 4 nitrogen and oxygen atoms in total. The van der Waals surface area contributed by atoms with Gasteiger partial charge in [0.1, 0.15) is 5.82 Å². The molecule has 1 unspecified atom stereocenters. The van der Waals surface area contributed by atoms with Gasteiger partial charge in [0.25, 0.3) is 5.69 Å². The van der Waals surface area contributed by atoms with E-state index >= 15 is 0 Å². The molecule has 0 amide bonds. The Labute approximate surface area is 73.8 Å². The Kier molecular flexibility index (Phi) is 2.57. The van der Waals surface area contributed by atoms with Crippen LogP contribution >= 0.6 is 0 Å². The van der Waals surface area contributed by atoms with Crippen LogP contribution in [0.2, 0.25) is 0 Å². The van der Waals surface area contributed by atoms with E-state index in [1.807, 2.05) is 0 Å². The molecule has 1 N–H and O–H groups in total. The third kappa shape index (κ3) is 1.81. The fourth-order valence-corrected chi connectivity index (χ4v) is 1.10. The van der Waals surface area contributed by atoms with Crippen LogP contribution in [0.15, 0.2) is 18.2 Å². The van der Waals surface area contributed by atoms with Crippen molar-refractivity contribution < 1.29 is 14.4 Å². The summed E-state index contributed by atoms with van der Waals surface area (Å²) in [4.78, 5) is 9.69. The predicted octanol–water partition coefficient (Wildman–Crippen LogP) is 1.79. The first-order valence-electron chi connectivity index (χ1n) is 3.65. The predicted molar refractivity (Wildman–Crippen MR) is 43.7 cm³/mol. The summed E-state index contributed by atoms with van der Waals surface area (Å²) in [7, 11) is 0. The molecule has 1 rings (SSSR count). The maximum Gasteiger partial charge on any atom is 0.278 e. The fraction of sp³-hybridized carbons (Fsp3) is 0.250. The molecule has 5 heteroatoms. The third-order valence-electron chi connectivity index (χ3n) is 1.64. The smallest absolute Gasteiger partial charge is 0.278 e. The molecular weight excluding hydrogens is 177 g/mol. The zero-order valence-electron chi connectivity index (χ0n) is 6.90. The van der Waals surface area contributed by atoms with E-state index in [1.165, 1.54) is 13.0 Å². The van der Waals surface area contributed by atoms with Gasteiger partial charge in [-0.3, -0.25) is 10.1 Å². The van der Waals surface area contributed by atoms with Gasteiger partial charge in [0, 0.05) is 6.07 Å². The van der Waals surface area contributed by atoms with Crippen molar-refractivity contribution in [2.45, 2.75) is 13.0 Å². The number of aliphatic hydroxyl groups is 1. The van der Waals surface area contributed by atoms with Crippen molar-refractivity contribution in [1.82, 2.24) is 0 Å². The summed E-state index contributed by atoms with van der Waals surface area (Å²) in [6, 6.07) is 3.47. The second-order valence-electron chi connectivity index (χ2n) is 2.61. The van der Waals surface area contributed by atoms with Gasteiger partial charge in [0.15, 0.2) is 0 Å². The largest absolute Gasteiger partial charge is 0.388 e. The molecule has 0 saturated heterocycles. The van der Waals surface area contributed by atoms with Crippen molar-refractivity contribution in [2.75, 3.05) is 0 Å². The highest BCUT2D eigenvalue weighted by Crippen LogP contribution is 2.26. The first-order valence-corrected chi connectivity index (χ1v) is 3.65. The van der Waals surface area contributed by atoms with Gasteiger partial charge in [0.05, 0.1) is 16.6 Å². The molecule has 0 spiro atoms. The number of hydrogen-bond acceptors (Lipinski definition) is 3. The molecule has 0 fully saturated rings. The lowest BCUT2D eigenvalue weighted by Crippen LogP contribution is -2.01. The van der Waals surface area contributed by atoms with Crippen molar-refractivity contribution in [3.63, 3.8) is 0 Å². The number of rotatable bonds is 2. The van der Waals surface area contributed by atoms with E-state index in [-0.39, 0.29) is 5.56 Å². The standard InChI is InChI=1S/C8H8FNO3/c1-5(11)8-6(9)3-2-4-7(8)10(12)13/h2-5,11H,1H3. The van der Waals surface area contributed by atoms with Crippen LogP contribution in [-0.4, -0.2) is 10.0 Å². The molecule has 0 saturated carbocycles. The lowest BCUT2D eigenvalue weighted by atomic mass is 10.1. The molecular formula is C8H8FNO3. The molecule has 0 aromatic heterocycles. The normalized spacial score (nSPS) is 12.5. The molecule has 70 valence electrons. The van der Waals surface area contributed by atoms with E-state index < -0.39 is 22.5 Å². The molecule has 0 radical (unpaired) electrons. The Morgan fingerprint density at radius 1 is 1.62 bits per heavy atom. The summed E-state index contributed by atoms with van der Waals surface area (Å²) >= 11 is 0. The number of nitro groups is 1. The lowest BCUT2D eigenvalue weighted by Gasteiger charge is -2.05. The van der Waals surface area contributed by atoms with Crippen LogP contribution in [0.5, 0.6) is 0 Å². The maximum absolute atomic E-state index is 13.0. The topological polar surface area (TPSA) is 63.4 Å². The van der Waals surface area contributed by atoms with Gasteiger partial charge >= 0.3 is 0 Å². The van der Waals surface area contributed by atoms with Crippen LogP contribution in [0.1, 0.15) is 18.6 Å². The highest BCUT2D eigenvalue weighted by molar-refractivity contribution is 5.42. The first kappa shape index (κ1) is 9.60. The van der Waals surface area contributed by atoms with Crippen LogP contribution in [0.25, 0.3) is 0 Å². The van der Waals surface area contributed by atoms with Crippen molar-refractivity contribution in [1.29, 1.82) is 0 Å². The SMILES string of the molecule is CC(O)c1c(F)cccc1[N+](=O)[O-]. The van der Waals surface area contributed by atoms with Gasteiger partial charge in [-0.1, -0.05) is 6.07 Å². The van der Waals surface area contributed by atoms with E-state index in [9.17, 15) is 14.5 Å². The second-order valence-corrected chi connectivity index (χ2v) is 2.61. The molecule has 0 aliphatic heterocycles. The van der Waals surface area contributed by atoms with Gasteiger partial charge in [-0.05, 0) is 13.0 Å². The summed E-state index contributed by atoms with van der Waals surface area (Å²) in [6.45, 7) is 1.28. The molecule has 1 aromatic rings. The first-order chi connectivity index (χ1) is 6.04. The zero-order valence-corrected chi connectivity index (χ0v) is 6.90. The van der Waals surface area contributed by atoms with Crippen molar-refractivity contribution in [3.05, 3.63) is 39.7 Å². The number of aliphatic hydroxyl groups excluding tert-OH is 1. The maximum atomic E-state index is 13.0. The fourth-order valence-electron chi connectivity index (χ4n) is 1.10. The summed E-state index contributed by atoms with van der Waals surface area (Å²) in [6.07, 6.45) is -1.18. The summed E-state index contributed by atoms with van der Waals surface area (Å²) in [5.41, 5.74) is -0.664. The van der Waals surface area contributed by atoms with Gasteiger partial charge in [0.2, 0.25) is 0 Å². The van der Waals surface area contributed by atoms with Gasteiger partial charge < -0.3 is 5.11 Å². The zero-order chi connectivity index (χ0) is 10.0. The molecule has 0 aliphatic carbocycles. The number of nitrogens with zero attached hydrogens (tertiary/aromatic N) is 1. The van der Waals surface area contributed by atoms with Crippen LogP contribution in [0, 0.1) is 15.9 Å². The Morgan fingerprint density at radius 3 is 2.62 bits per heavy atom. The van der Waals surface area contributed by atoms with E-state index in [4.69, 9.17) is 5.11 Å². The Balaban J connectivity index is 3.34. The summed E-state index contributed by atoms with van der Waals surface area (Å²) in [5, 5.41) is 19.5. The minimum atomic E-state index is -1.18. The molecule has 1 atom stereocenters. The average Bonchev–Trinajstić information content (AvgIpc) is 2.02. The van der Waals surface area contributed by atoms with Crippen LogP contribution in [0.3, 0.4) is 0 Å². The Hall–Kier alpha value is -1.49. The molecule has 0 aliphatic rings. The van der Waals surface area contributed by atoms with Crippen molar-refractivity contribution >= 4 is 5.69 Å². The van der Waals surface area contributed by atoms with Crippen molar-refractivity contribution in [2.24, 2.45) is 0 Å². The minimum absolute atomic E-state index is 0.271. The summed E-state index contributed by atoms with van der Waals surface area (Å²) in [5.74, 6) is -0.760. The third-order valence-corrected chi connectivity index (χ3v) is 1.64. The lowest BCUT2D eigenvalue weighted by molar-refractivity contribution is -0.386. The minimum Gasteiger partial charge on any atom is -0.388 e. The molecule has 1 aromatic carbocycles. The van der Waals surface area contributed by atoms with Crippen molar-refractivity contribution in [3.8, 4) is 0 Å². The van der Waals surface area contributed by atoms with Gasteiger partial charge in [-0.2, -0.15) is 0 Å². The molecule has 13 heavy (non-hydrogen) atoms. The van der Waals surface area contributed by atoms with Gasteiger partial charge in [-0.15, -0.1) is 0 Å². The van der Waals surface area contributed by atoms with E-state index in [1.54, 1.807) is 0 Å². The summed E-state index contributed by atoms with van der Waals surface area (Å²) < 4.78 is 13.0. The second kappa shape index (κ2) is 3.49. The average molecular weight is 185 g/mol. The number of hydrogen-bond donors (Lipinski definition) is 1. The Bertz CT molecular complexity index is 338. The quantitative estimate of drug-likeness (QED) is 0.564. The molecule has 0 heterocycles. The van der Waals surface area contributed by atoms with Crippen LogP contribution in [-0.2, 0) is 0 Å². The number of nitro benzene ring substituents is 1. The van der Waals surface area contributed by atoms with Gasteiger partial charge in [-0.25, -0.2) is 4.39 Å². The number of halogens is 1. The van der Waals surface area contributed by atoms with Crippen LogP contribution in [0.4, 0.5) is 10.1 Å². The van der Waals surface area contributed by atoms with Crippen LogP contribution < -0.4 is 0 Å².